The summed E-state index contributed by atoms with van der Waals surface area (Å²) in [7, 11) is 2.07. The van der Waals surface area contributed by atoms with Crippen molar-refractivity contribution in [3.63, 3.8) is 0 Å². The molecule has 4 heteroatoms. The Bertz CT molecular complexity index is 894. The van der Waals surface area contributed by atoms with Crippen molar-refractivity contribution in [2.75, 3.05) is 25.0 Å². The maximum absolute atomic E-state index is 13.6. The van der Waals surface area contributed by atoms with E-state index in [2.05, 4.69) is 35.0 Å². The summed E-state index contributed by atoms with van der Waals surface area (Å²) in [6.07, 6.45) is 3.94. The van der Waals surface area contributed by atoms with Crippen LogP contribution in [-0.4, -0.2) is 42.1 Å². The van der Waals surface area contributed by atoms with Gasteiger partial charge in [-0.1, -0.05) is 30.3 Å². The number of rotatable bonds is 1. The highest BCUT2D eigenvalue weighted by atomic mass is 16.3. The van der Waals surface area contributed by atoms with Crippen molar-refractivity contribution in [1.29, 1.82) is 0 Å². The van der Waals surface area contributed by atoms with Gasteiger partial charge in [-0.15, -0.1) is 0 Å². The van der Waals surface area contributed by atoms with Gasteiger partial charge in [-0.05, 0) is 54.5 Å². The zero-order valence-electron chi connectivity index (χ0n) is 15.8. The predicted octanol–water partition coefficient (Wildman–Crippen LogP) is 3.65. The van der Waals surface area contributed by atoms with Crippen LogP contribution in [0.2, 0.25) is 0 Å². The van der Waals surface area contributed by atoms with E-state index in [1.807, 2.05) is 18.2 Å². The van der Waals surface area contributed by atoms with Crippen LogP contribution in [0.4, 0.5) is 5.69 Å². The van der Waals surface area contributed by atoms with E-state index < -0.39 is 0 Å². The first-order valence-corrected chi connectivity index (χ1v) is 10.1. The van der Waals surface area contributed by atoms with Gasteiger partial charge in [0.05, 0.1) is 5.92 Å². The second kappa shape index (κ2) is 6.29. The Morgan fingerprint density at radius 2 is 1.89 bits per heavy atom. The number of phenolic OH excluding ortho intramolecular Hbond substituents is 1. The second-order valence-corrected chi connectivity index (χ2v) is 8.22. The highest BCUT2D eigenvalue weighted by molar-refractivity contribution is 5.89. The number of fused-ring (bicyclic) bond motifs is 4. The number of likely N-dealkylation sites (tertiary alicyclic amines) is 1. The minimum atomic E-state index is -0.0597. The average molecular weight is 362 g/mol. The van der Waals surface area contributed by atoms with E-state index in [4.69, 9.17) is 0 Å². The lowest BCUT2D eigenvalue weighted by atomic mass is 9.73. The smallest absolute Gasteiger partial charge is 0.232 e. The Morgan fingerprint density at radius 1 is 1.07 bits per heavy atom. The van der Waals surface area contributed by atoms with Gasteiger partial charge in [-0.2, -0.15) is 0 Å². The SMILES string of the molecule is CN1CC(C(=O)N2CCCC3c4cccc(O)c4CCC32)c2ccccc21. The first-order chi connectivity index (χ1) is 13.1. The van der Waals surface area contributed by atoms with Gasteiger partial charge in [0.15, 0.2) is 0 Å². The molecule has 1 amide bonds. The zero-order chi connectivity index (χ0) is 18.5. The van der Waals surface area contributed by atoms with Gasteiger partial charge in [-0.3, -0.25) is 4.79 Å². The summed E-state index contributed by atoms with van der Waals surface area (Å²) in [6.45, 7) is 1.62. The fourth-order valence-corrected chi connectivity index (χ4v) is 5.57. The average Bonchev–Trinajstić information content (AvgIpc) is 3.04. The molecule has 3 aliphatic rings. The number of hydrogen-bond acceptors (Lipinski definition) is 3. The van der Waals surface area contributed by atoms with Gasteiger partial charge in [0, 0.05) is 37.8 Å². The summed E-state index contributed by atoms with van der Waals surface area (Å²) < 4.78 is 0. The number of phenols is 1. The van der Waals surface area contributed by atoms with Crippen molar-refractivity contribution in [3.05, 3.63) is 59.2 Å². The van der Waals surface area contributed by atoms with Crippen LogP contribution in [0.5, 0.6) is 5.75 Å². The molecule has 27 heavy (non-hydrogen) atoms. The van der Waals surface area contributed by atoms with Crippen molar-refractivity contribution in [3.8, 4) is 5.75 Å². The lowest BCUT2D eigenvalue weighted by molar-refractivity contribution is -0.137. The van der Waals surface area contributed by atoms with Crippen LogP contribution in [0.25, 0.3) is 0 Å². The van der Waals surface area contributed by atoms with Gasteiger partial charge in [0.1, 0.15) is 5.75 Å². The van der Waals surface area contributed by atoms with Crippen LogP contribution in [-0.2, 0) is 11.2 Å². The Balaban J connectivity index is 1.46. The molecule has 1 fully saturated rings. The van der Waals surface area contributed by atoms with Crippen molar-refractivity contribution >= 4 is 11.6 Å². The van der Waals surface area contributed by atoms with Crippen LogP contribution < -0.4 is 4.90 Å². The van der Waals surface area contributed by atoms with Crippen LogP contribution in [0.1, 0.15) is 47.8 Å². The monoisotopic (exact) mass is 362 g/mol. The normalized spacial score (nSPS) is 26.3. The lowest BCUT2D eigenvalue weighted by Crippen LogP contribution is -2.51. The van der Waals surface area contributed by atoms with E-state index >= 15 is 0 Å². The molecule has 2 heterocycles. The van der Waals surface area contributed by atoms with Crippen LogP contribution in [0, 0.1) is 0 Å². The molecule has 0 saturated carbocycles. The fourth-order valence-electron chi connectivity index (χ4n) is 5.57. The summed E-state index contributed by atoms with van der Waals surface area (Å²) in [6, 6.07) is 14.5. The molecular formula is C23H26N2O2. The molecule has 0 radical (unpaired) electrons. The number of piperidine rings is 1. The third kappa shape index (κ3) is 2.53. The van der Waals surface area contributed by atoms with Gasteiger partial charge < -0.3 is 14.9 Å². The van der Waals surface area contributed by atoms with E-state index in [1.165, 1.54) is 16.8 Å². The highest BCUT2D eigenvalue weighted by Gasteiger charge is 2.42. The largest absolute Gasteiger partial charge is 0.508 e. The molecule has 2 aromatic rings. The van der Waals surface area contributed by atoms with E-state index in [-0.39, 0.29) is 17.9 Å². The Labute approximate surface area is 160 Å². The van der Waals surface area contributed by atoms with E-state index in [9.17, 15) is 9.90 Å². The molecule has 1 N–H and O–H groups in total. The van der Waals surface area contributed by atoms with Crippen LogP contribution in [0.3, 0.4) is 0 Å². The lowest BCUT2D eigenvalue weighted by Gasteiger charge is -2.45. The highest BCUT2D eigenvalue weighted by Crippen LogP contribution is 2.45. The molecule has 5 rings (SSSR count). The molecule has 0 aromatic heterocycles. The summed E-state index contributed by atoms with van der Waals surface area (Å²) in [5, 5.41) is 10.2. The van der Waals surface area contributed by atoms with E-state index in [1.54, 1.807) is 6.07 Å². The molecule has 1 saturated heterocycles. The Kier molecular flexibility index (Phi) is 3.88. The molecule has 2 aliphatic heterocycles. The summed E-state index contributed by atoms with van der Waals surface area (Å²) in [4.78, 5) is 18.0. The third-order valence-corrected chi connectivity index (χ3v) is 6.82. The minimum Gasteiger partial charge on any atom is -0.508 e. The number of carbonyl (C=O) groups excluding carboxylic acids is 1. The molecule has 140 valence electrons. The number of benzene rings is 2. The maximum atomic E-state index is 13.6. The third-order valence-electron chi connectivity index (χ3n) is 6.82. The number of anilines is 1. The molecule has 3 atom stereocenters. The number of para-hydroxylation sites is 1. The van der Waals surface area contributed by atoms with Gasteiger partial charge >= 0.3 is 0 Å². The molecule has 0 spiro atoms. The minimum absolute atomic E-state index is 0.0597. The fraction of sp³-hybridized carbons (Fsp3) is 0.435. The number of hydrogen-bond donors (Lipinski definition) is 1. The summed E-state index contributed by atoms with van der Waals surface area (Å²) in [5.74, 6) is 0.995. The molecule has 4 nitrogen and oxygen atoms in total. The van der Waals surface area contributed by atoms with Crippen molar-refractivity contribution < 1.29 is 9.90 Å². The van der Waals surface area contributed by atoms with Crippen LogP contribution in [0.15, 0.2) is 42.5 Å². The van der Waals surface area contributed by atoms with Gasteiger partial charge in [0.2, 0.25) is 5.91 Å². The Hall–Kier alpha value is -2.49. The van der Waals surface area contributed by atoms with Gasteiger partial charge in [-0.25, -0.2) is 0 Å². The Morgan fingerprint density at radius 3 is 2.78 bits per heavy atom. The molecule has 0 bridgehead atoms. The number of amides is 1. The van der Waals surface area contributed by atoms with Crippen LogP contribution >= 0.6 is 0 Å². The number of aromatic hydroxyl groups is 1. The zero-order valence-corrected chi connectivity index (χ0v) is 15.8. The molecule has 3 unspecified atom stereocenters. The van der Waals surface area contributed by atoms with E-state index in [0.717, 1.165) is 44.3 Å². The summed E-state index contributed by atoms with van der Waals surface area (Å²) in [5.41, 5.74) is 4.70. The number of likely N-dealkylation sites (N-methyl/N-ethyl adjacent to an activating group) is 1. The predicted molar refractivity (Wildman–Crippen MR) is 106 cm³/mol. The second-order valence-electron chi connectivity index (χ2n) is 8.22. The molecule has 2 aromatic carbocycles. The number of carbonyl (C=O) groups is 1. The van der Waals surface area contributed by atoms with Gasteiger partial charge in [0.25, 0.3) is 0 Å². The topological polar surface area (TPSA) is 43.8 Å². The van der Waals surface area contributed by atoms with Crippen molar-refractivity contribution in [2.24, 2.45) is 0 Å². The molecular weight excluding hydrogens is 336 g/mol. The molecule has 1 aliphatic carbocycles. The standard InChI is InChI=1S/C23H26N2O2/c1-24-14-19(17-6-2-3-9-20(17)24)23(27)25-13-5-8-16-15-7-4-10-22(26)18(15)11-12-21(16)25/h2-4,6-7,9-10,16,19,21,26H,5,8,11-14H2,1H3. The van der Waals surface area contributed by atoms with Crippen molar-refractivity contribution in [1.82, 2.24) is 4.90 Å². The van der Waals surface area contributed by atoms with Crippen molar-refractivity contribution in [2.45, 2.75) is 43.6 Å². The number of nitrogens with zero attached hydrogens (tertiary/aromatic N) is 2. The first kappa shape index (κ1) is 16.7. The quantitative estimate of drug-likeness (QED) is 0.842. The van der Waals surface area contributed by atoms with E-state index in [0.29, 0.717) is 11.7 Å². The summed E-state index contributed by atoms with van der Waals surface area (Å²) >= 11 is 0. The maximum Gasteiger partial charge on any atom is 0.232 e. The first-order valence-electron chi connectivity index (χ1n) is 10.1.